The van der Waals surface area contributed by atoms with Crippen molar-refractivity contribution in [3.63, 3.8) is 0 Å². The molecule has 0 aliphatic rings. The Morgan fingerprint density at radius 3 is 2.70 bits per heavy atom. The Morgan fingerprint density at radius 2 is 2.00 bits per heavy atom. The molecular formula is C16H15BrN2O4. The molecule has 7 heteroatoms. The molecule has 0 radical (unpaired) electrons. The van der Waals surface area contributed by atoms with Crippen molar-refractivity contribution < 1.29 is 14.3 Å². The van der Waals surface area contributed by atoms with Crippen molar-refractivity contribution in [1.82, 2.24) is 10.3 Å². The molecule has 1 aromatic heterocycles. The predicted octanol–water partition coefficient (Wildman–Crippen LogP) is 2.17. The molecule has 0 fully saturated rings. The fourth-order valence-corrected chi connectivity index (χ4v) is 2.61. The first-order chi connectivity index (χ1) is 11.0. The lowest BCUT2D eigenvalue weighted by atomic mass is 10.1. The van der Waals surface area contributed by atoms with E-state index in [1.54, 1.807) is 0 Å². The molecule has 6 nitrogen and oxygen atoms in total. The van der Waals surface area contributed by atoms with Gasteiger partial charge in [-0.2, -0.15) is 0 Å². The minimum absolute atomic E-state index is 0.140. The van der Waals surface area contributed by atoms with Crippen LogP contribution in [0.2, 0.25) is 0 Å². The van der Waals surface area contributed by atoms with Crippen molar-refractivity contribution in [1.29, 1.82) is 0 Å². The van der Waals surface area contributed by atoms with Crippen molar-refractivity contribution in [3.05, 3.63) is 68.5 Å². The summed E-state index contributed by atoms with van der Waals surface area (Å²) in [6, 6.07) is 10.1. The van der Waals surface area contributed by atoms with E-state index in [0.717, 1.165) is 10.0 Å². The summed E-state index contributed by atoms with van der Waals surface area (Å²) in [7, 11) is 0. The lowest BCUT2D eigenvalue weighted by molar-refractivity contribution is -0.124. The van der Waals surface area contributed by atoms with Crippen LogP contribution in [0.3, 0.4) is 0 Å². The number of carbonyl (C=O) groups is 2. The van der Waals surface area contributed by atoms with E-state index in [9.17, 15) is 14.4 Å². The van der Waals surface area contributed by atoms with Gasteiger partial charge >= 0.3 is 5.97 Å². The predicted molar refractivity (Wildman–Crippen MR) is 88.0 cm³/mol. The zero-order valence-corrected chi connectivity index (χ0v) is 13.9. The van der Waals surface area contributed by atoms with Gasteiger partial charge in [0.15, 0.2) is 6.61 Å². The third-order valence-corrected chi connectivity index (χ3v) is 3.84. The van der Waals surface area contributed by atoms with Gasteiger partial charge in [-0.1, -0.05) is 34.1 Å². The van der Waals surface area contributed by atoms with Crippen LogP contribution in [0, 0.1) is 0 Å². The van der Waals surface area contributed by atoms with Gasteiger partial charge in [0, 0.05) is 10.7 Å². The van der Waals surface area contributed by atoms with Crippen LogP contribution in [0.15, 0.2) is 51.9 Å². The Kier molecular flexibility index (Phi) is 5.70. The summed E-state index contributed by atoms with van der Waals surface area (Å²) in [4.78, 5) is 37.4. The number of ether oxygens (including phenoxy) is 1. The molecule has 1 atom stereocenters. The number of nitrogens with one attached hydrogen (secondary N) is 2. The maximum atomic E-state index is 11.9. The van der Waals surface area contributed by atoms with Crippen molar-refractivity contribution >= 4 is 27.8 Å². The molecule has 0 saturated heterocycles. The Bertz CT molecular complexity index is 772. The average Bonchev–Trinajstić information content (AvgIpc) is 2.53. The van der Waals surface area contributed by atoms with Gasteiger partial charge in [0.05, 0.1) is 6.04 Å². The molecule has 120 valence electrons. The number of hydrogen-bond donors (Lipinski definition) is 2. The van der Waals surface area contributed by atoms with E-state index < -0.39 is 24.0 Å². The first kappa shape index (κ1) is 17.0. The number of rotatable bonds is 5. The number of hydrogen-bond acceptors (Lipinski definition) is 4. The maximum Gasteiger partial charge on any atom is 0.344 e. The molecule has 2 N–H and O–H groups in total. The van der Waals surface area contributed by atoms with E-state index in [-0.39, 0.29) is 11.6 Å². The number of H-pyrrole nitrogens is 1. The van der Waals surface area contributed by atoms with Crippen LogP contribution in [0.25, 0.3) is 0 Å². The third-order valence-electron chi connectivity index (χ3n) is 3.12. The second kappa shape index (κ2) is 7.73. The van der Waals surface area contributed by atoms with Gasteiger partial charge in [-0.25, -0.2) is 4.79 Å². The van der Waals surface area contributed by atoms with Crippen LogP contribution < -0.4 is 10.9 Å². The number of carbonyl (C=O) groups excluding carboxylic acids is 2. The fraction of sp³-hybridized carbons (Fsp3) is 0.188. The number of pyridine rings is 1. The van der Waals surface area contributed by atoms with Gasteiger partial charge in [-0.15, -0.1) is 0 Å². The number of halogens is 1. The van der Waals surface area contributed by atoms with E-state index >= 15 is 0 Å². The minimum Gasteiger partial charge on any atom is -0.452 e. The summed E-state index contributed by atoms with van der Waals surface area (Å²) in [6.45, 7) is 1.36. The first-order valence-corrected chi connectivity index (χ1v) is 7.67. The van der Waals surface area contributed by atoms with Crippen LogP contribution in [-0.2, 0) is 9.53 Å². The van der Waals surface area contributed by atoms with E-state index in [4.69, 9.17) is 4.74 Å². The number of amides is 1. The summed E-state index contributed by atoms with van der Waals surface area (Å²) < 4.78 is 5.73. The zero-order chi connectivity index (χ0) is 16.8. The molecular weight excluding hydrogens is 364 g/mol. The molecule has 0 aliphatic carbocycles. The molecule has 1 aromatic carbocycles. The van der Waals surface area contributed by atoms with Gasteiger partial charge in [0.2, 0.25) is 0 Å². The highest BCUT2D eigenvalue weighted by Crippen LogP contribution is 2.22. The maximum absolute atomic E-state index is 11.9. The van der Waals surface area contributed by atoms with Gasteiger partial charge in [0.25, 0.3) is 11.5 Å². The second-order valence-corrected chi connectivity index (χ2v) is 5.65. The normalized spacial score (nSPS) is 11.6. The second-order valence-electron chi connectivity index (χ2n) is 4.80. The van der Waals surface area contributed by atoms with Gasteiger partial charge in [-0.05, 0) is 30.7 Å². The van der Waals surface area contributed by atoms with E-state index in [1.165, 1.54) is 18.3 Å². The highest BCUT2D eigenvalue weighted by molar-refractivity contribution is 9.10. The standard InChI is InChI=1S/C16H15BrN2O4/c1-10(11-5-2-3-7-13(11)17)19-14(20)9-23-16(22)12-6-4-8-18-15(12)21/h2-8,10H,9H2,1H3,(H,18,21)(H,19,20)/t10-/m0/s1. The highest BCUT2D eigenvalue weighted by atomic mass is 79.9. The number of esters is 1. The van der Waals surface area contributed by atoms with Crippen LogP contribution in [0.1, 0.15) is 28.9 Å². The highest BCUT2D eigenvalue weighted by Gasteiger charge is 2.16. The number of aromatic nitrogens is 1. The fourth-order valence-electron chi connectivity index (χ4n) is 1.98. The molecule has 1 amide bonds. The largest absolute Gasteiger partial charge is 0.452 e. The third kappa shape index (κ3) is 4.53. The Hall–Kier alpha value is -2.41. The molecule has 0 spiro atoms. The van der Waals surface area contributed by atoms with Crippen molar-refractivity contribution in [2.45, 2.75) is 13.0 Å². The number of benzene rings is 1. The lowest BCUT2D eigenvalue weighted by Crippen LogP contribution is -2.32. The van der Waals surface area contributed by atoms with Crippen molar-refractivity contribution in [2.24, 2.45) is 0 Å². The lowest BCUT2D eigenvalue weighted by Gasteiger charge is -2.15. The molecule has 2 rings (SSSR count). The molecule has 2 aromatic rings. The van der Waals surface area contributed by atoms with Gasteiger partial charge < -0.3 is 15.0 Å². The average molecular weight is 379 g/mol. The van der Waals surface area contributed by atoms with Crippen LogP contribution in [0.4, 0.5) is 0 Å². The quantitative estimate of drug-likeness (QED) is 0.780. The van der Waals surface area contributed by atoms with Gasteiger partial charge in [-0.3, -0.25) is 9.59 Å². The van der Waals surface area contributed by atoms with E-state index in [1.807, 2.05) is 31.2 Å². The Labute approximate surface area is 141 Å². The van der Waals surface area contributed by atoms with E-state index in [2.05, 4.69) is 26.2 Å². The van der Waals surface area contributed by atoms with Gasteiger partial charge in [0.1, 0.15) is 5.56 Å². The zero-order valence-electron chi connectivity index (χ0n) is 12.3. The monoisotopic (exact) mass is 378 g/mol. The molecule has 0 unspecified atom stereocenters. The van der Waals surface area contributed by atoms with Crippen molar-refractivity contribution in [2.75, 3.05) is 6.61 Å². The smallest absolute Gasteiger partial charge is 0.344 e. The molecule has 0 bridgehead atoms. The summed E-state index contributed by atoms with van der Waals surface area (Å²) >= 11 is 3.41. The minimum atomic E-state index is -0.837. The Morgan fingerprint density at radius 1 is 1.26 bits per heavy atom. The summed E-state index contributed by atoms with van der Waals surface area (Å²) in [6.07, 6.45) is 1.41. The van der Waals surface area contributed by atoms with Crippen LogP contribution >= 0.6 is 15.9 Å². The van der Waals surface area contributed by atoms with Crippen molar-refractivity contribution in [3.8, 4) is 0 Å². The SMILES string of the molecule is C[C@H](NC(=O)COC(=O)c1ccc[nH]c1=O)c1ccccc1Br. The molecule has 1 heterocycles. The molecule has 0 aliphatic heterocycles. The summed E-state index contributed by atoms with van der Waals surface area (Å²) in [5.74, 6) is -1.29. The number of aromatic amines is 1. The van der Waals surface area contributed by atoms with Crippen LogP contribution in [-0.4, -0.2) is 23.5 Å². The topological polar surface area (TPSA) is 88.3 Å². The van der Waals surface area contributed by atoms with Crippen LogP contribution in [0.5, 0.6) is 0 Å². The summed E-state index contributed by atoms with van der Waals surface area (Å²) in [5.41, 5.74) is 0.213. The summed E-state index contributed by atoms with van der Waals surface area (Å²) in [5, 5.41) is 2.73. The first-order valence-electron chi connectivity index (χ1n) is 6.87. The molecule has 0 saturated carbocycles. The molecule has 23 heavy (non-hydrogen) atoms. The Balaban J connectivity index is 1.91. The van der Waals surface area contributed by atoms with E-state index in [0.29, 0.717) is 0 Å².